The number of hydrogen-bond donors (Lipinski definition) is 1. The summed E-state index contributed by atoms with van der Waals surface area (Å²) in [4.78, 5) is 28.1. The average molecular weight is 780 g/mol. The maximum Gasteiger partial charge on any atom is 0.261 e. The number of aliphatic imine (C=N–C) groups is 1. The molecule has 2 aliphatic rings. The fraction of sp³-hybridized carbons (Fsp3) is 0.646. The zero-order chi connectivity index (χ0) is 41.2. The van der Waals surface area contributed by atoms with Gasteiger partial charge in [-0.15, -0.1) is 9.89 Å². The van der Waals surface area contributed by atoms with E-state index in [2.05, 4.69) is 107 Å². The van der Waals surface area contributed by atoms with Gasteiger partial charge in [0.1, 0.15) is 11.5 Å². The van der Waals surface area contributed by atoms with E-state index in [4.69, 9.17) is 19.8 Å². The normalized spacial score (nSPS) is 15.8. The molecule has 2 atom stereocenters. The highest BCUT2D eigenvalue weighted by atomic mass is 16.5. The summed E-state index contributed by atoms with van der Waals surface area (Å²) in [5.41, 5.74) is 7.58. The van der Waals surface area contributed by atoms with Crippen LogP contribution in [0.2, 0.25) is 0 Å². The highest BCUT2D eigenvalue weighted by Crippen LogP contribution is 2.39. The Balaban J connectivity index is 1.26. The molecule has 9 nitrogen and oxygen atoms in total. The quantitative estimate of drug-likeness (QED) is 0.0967. The van der Waals surface area contributed by atoms with Crippen molar-refractivity contribution in [2.75, 3.05) is 24.5 Å². The maximum absolute atomic E-state index is 14.0. The summed E-state index contributed by atoms with van der Waals surface area (Å²) in [6.45, 7) is 24.6. The SMILES string of the molecule is CCCCCCCCN1CCc2cc(N=C3C(C)=Nn4nc(C(C)CNC(=O)C(CCCCCC)Oc5ccc(C(C)(C)CC)cc5C(C)(C)CC)nc43)ccc21. The Morgan fingerprint density at radius 2 is 1.60 bits per heavy atom. The van der Waals surface area contributed by atoms with E-state index < -0.39 is 6.10 Å². The highest BCUT2D eigenvalue weighted by molar-refractivity contribution is 6.48. The molecule has 2 unspecified atom stereocenters. The predicted molar refractivity (Wildman–Crippen MR) is 238 cm³/mol. The summed E-state index contributed by atoms with van der Waals surface area (Å²) in [6, 6.07) is 13.2. The molecule has 0 bridgehead atoms. The van der Waals surface area contributed by atoms with Crippen molar-refractivity contribution in [3.05, 3.63) is 64.7 Å². The van der Waals surface area contributed by atoms with E-state index in [1.54, 1.807) is 4.79 Å². The summed E-state index contributed by atoms with van der Waals surface area (Å²) in [5.74, 6) is 1.86. The number of rotatable bonds is 23. The highest BCUT2D eigenvalue weighted by Gasteiger charge is 2.31. The molecule has 5 rings (SSSR count). The van der Waals surface area contributed by atoms with E-state index in [1.807, 2.05) is 13.8 Å². The van der Waals surface area contributed by atoms with Crippen LogP contribution in [-0.4, -0.2) is 57.9 Å². The van der Waals surface area contributed by atoms with Gasteiger partial charge in [0.25, 0.3) is 5.91 Å². The molecule has 9 heteroatoms. The van der Waals surface area contributed by atoms with Crippen LogP contribution >= 0.6 is 0 Å². The smallest absolute Gasteiger partial charge is 0.261 e. The number of aromatic nitrogens is 3. The fourth-order valence-corrected chi connectivity index (χ4v) is 7.79. The molecule has 2 aromatic carbocycles. The Hall–Kier alpha value is -4.01. The van der Waals surface area contributed by atoms with E-state index >= 15 is 0 Å². The number of carbonyl (C=O) groups is 1. The molecule has 0 aliphatic carbocycles. The van der Waals surface area contributed by atoms with E-state index in [0.717, 1.165) is 80.9 Å². The van der Waals surface area contributed by atoms with Crippen LogP contribution in [0, 0.1) is 0 Å². The van der Waals surface area contributed by atoms with Gasteiger partial charge in [-0.2, -0.15) is 5.10 Å². The Labute approximate surface area is 344 Å². The molecule has 0 spiro atoms. The van der Waals surface area contributed by atoms with Gasteiger partial charge in [-0.3, -0.25) is 4.79 Å². The van der Waals surface area contributed by atoms with Crippen molar-refractivity contribution in [1.82, 2.24) is 20.2 Å². The van der Waals surface area contributed by atoms with Gasteiger partial charge < -0.3 is 15.0 Å². The zero-order valence-electron chi connectivity index (χ0n) is 37.1. The molecule has 0 saturated heterocycles. The number of carbonyl (C=O) groups excluding carboxylic acids is 1. The van der Waals surface area contributed by atoms with Crippen molar-refractivity contribution < 1.29 is 9.53 Å². The van der Waals surface area contributed by atoms with Crippen molar-refractivity contribution >= 4 is 28.7 Å². The minimum atomic E-state index is -0.591. The number of nitrogens with zero attached hydrogens (tertiary/aromatic N) is 6. The average Bonchev–Trinajstić information content (AvgIpc) is 3.89. The zero-order valence-corrected chi connectivity index (χ0v) is 37.1. The summed E-state index contributed by atoms with van der Waals surface area (Å²) in [7, 11) is 0. The van der Waals surface area contributed by atoms with E-state index in [-0.39, 0.29) is 22.7 Å². The molecule has 2 aliphatic heterocycles. The first-order valence-electron chi connectivity index (χ1n) is 22.4. The second-order valence-corrected chi connectivity index (χ2v) is 17.9. The molecule has 1 N–H and O–H groups in total. The Bertz CT molecular complexity index is 1850. The first-order chi connectivity index (χ1) is 27.3. The second kappa shape index (κ2) is 20.1. The maximum atomic E-state index is 14.0. The number of fused-ring (bicyclic) bond motifs is 2. The van der Waals surface area contributed by atoms with Gasteiger partial charge in [0, 0.05) is 36.8 Å². The van der Waals surface area contributed by atoms with Gasteiger partial charge in [-0.25, -0.2) is 9.98 Å². The summed E-state index contributed by atoms with van der Waals surface area (Å²) in [6.07, 6.45) is 15.3. The molecule has 312 valence electrons. The predicted octanol–water partition coefficient (Wildman–Crippen LogP) is 11.4. The summed E-state index contributed by atoms with van der Waals surface area (Å²) >= 11 is 0. The van der Waals surface area contributed by atoms with Crippen LogP contribution in [-0.2, 0) is 22.0 Å². The van der Waals surface area contributed by atoms with Crippen LogP contribution in [0.3, 0.4) is 0 Å². The van der Waals surface area contributed by atoms with Crippen molar-refractivity contribution in [2.45, 2.75) is 182 Å². The molecule has 57 heavy (non-hydrogen) atoms. The third-order valence-electron chi connectivity index (χ3n) is 12.6. The molecule has 3 aromatic rings. The minimum Gasteiger partial charge on any atom is -0.480 e. The molecule has 3 heterocycles. The van der Waals surface area contributed by atoms with Gasteiger partial charge in [-0.05, 0) is 91.7 Å². The minimum absolute atomic E-state index is 0.0543. The van der Waals surface area contributed by atoms with Crippen molar-refractivity contribution in [3.63, 3.8) is 0 Å². The number of unbranched alkanes of at least 4 members (excludes halogenated alkanes) is 8. The van der Waals surface area contributed by atoms with E-state index in [0.29, 0.717) is 24.6 Å². The second-order valence-electron chi connectivity index (χ2n) is 17.9. The van der Waals surface area contributed by atoms with Gasteiger partial charge >= 0.3 is 0 Å². The van der Waals surface area contributed by atoms with Crippen LogP contribution < -0.4 is 15.0 Å². The first-order valence-corrected chi connectivity index (χ1v) is 22.4. The number of nitrogens with one attached hydrogen (secondary N) is 1. The molecular formula is C48H73N7O2. The monoisotopic (exact) mass is 780 g/mol. The van der Waals surface area contributed by atoms with Crippen LogP contribution in [0.5, 0.6) is 5.75 Å². The van der Waals surface area contributed by atoms with Crippen molar-refractivity contribution in [2.24, 2.45) is 10.1 Å². The number of benzene rings is 2. The third kappa shape index (κ3) is 11.1. The standard InChI is InChI=1S/C48H73N7O2/c1-11-15-17-19-20-22-29-54-30-28-36-31-38(25-26-40(36)54)50-43-35(6)52-55-45(43)51-44(53-55)34(5)33-49-46(56)42(23-21-18-16-12-2)57-41-27-24-37(47(7,8)13-3)32-39(41)48(9,10)14-4/h24-27,31-32,34,42H,11-23,28-30,33H2,1-10H3,(H,49,56). The van der Waals surface area contributed by atoms with Crippen molar-refractivity contribution in [1.29, 1.82) is 0 Å². The lowest BCUT2D eigenvalue weighted by molar-refractivity contribution is -0.128. The molecule has 0 radical (unpaired) electrons. The van der Waals surface area contributed by atoms with Crippen LogP contribution in [0.1, 0.15) is 187 Å². The third-order valence-corrected chi connectivity index (χ3v) is 12.6. The fourth-order valence-electron chi connectivity index (χ4n) is 7.79. The lowest BCUT2D eigenvalue weighted by Gasteiger charge is -2.31. The Kier molecular flexibility index (Phi) is 15.6. The van der Waals surface area contributed by atoms with Crippen LogP contribution in [0.15, 0.2) is 46.5 Å². The first kappa shape index (κ1) is 44.1. The number of hydrogen-bond acceptors (Lipinski definition) is 7. The van der Waals surface area contributed by atoms with Crippen LogP contribution in [0.25, 0.3) is 0 Å². The van der Waals surface area contributed by atoms with E-state index in [1.165, 1.54) is 60.9 Å². The van der Waals surface area contributed by atoms with E-state index in [9.17, 15) is 4.79 Å². The molecule has 1 amide bonds. The molecule has 0 fully saturated rings. The molecular weight excluding hydrogens is 707 g/mol. The van der Waals surface area contributed by atoms with Gasteiger partial charge in [0.2, 0.25) is 5.82 Å². The molecule has 0 saturated carbocycles. The van der Waals surface area contributed by atoms with Gasteiger partial charge in [0.15, 0.2) is 11.9 Å². The largest absolute Gasteiger partial charge is 0.480 e. The molecule has 1 aromatic heterocycles. The summed E-state index contributed by atoms with van der Waals surface area (Å²) in [5, 5.41) is 12.6. The lowest BCUT2D eigenvalue weighted by atomic mass is 9.76. The number of amides is 1. The Morgan fingerprint density at radius 1 is 0.895 bits per heavy atom. The number of anilines is 1. The van der Waals surface area contributed by atoms with Gasteiger partial charge in [0.05, 0.1) is 11.4 Å². The summed E-state index contributed by atoms with van der Waals surface area (Å²) < 4.78 is 6.73. The number of ether oxygens (including phenoxy) is 1. The Morgan fingerprint density at radius 3 is 2.32 bits per heavy atom. The van der Waals surface area contributed by atoms with Gasteiger partial charge in [-0.1, -0.05) is 126 Å². The lowest BCUT2D eigenvalue weighted by Crippen LogP contribution is -2.40. The van der Waals surface area contributed by atoms with Crippen molar-refractivity contribution in [3.8, 4) is 5.75 Å². The van der Waals surface area contributed by atoms with Crippen LogP contribution in [0.4, 0.5) is 11.4 Å². The topological polar surface area (TPSA) is 97.0 Å².